The van der Waals surface area contributed by atoms with Crippen LogP contribution in [0.25, 0.3) is 0 Å². The van der Waals surface area contributed by atoms with Gasteiger partial charge in [-0.1, -0.05) is 29.8 Å². The third kappa shape index (κ3) is 2.80. The van der Waals surface area contributed by atoms with E-state index in [0.717, 1.165) is 25.9 Å². The Kier molecular flexibility index (Phi) is 3.39. The highest BCUT2D eigenvalue weighted by Gasteiger charge is 2.22. The maximum absolute atomic E-state index is 9.84. The number of hydrogen-bond donors (Lipinski definition) is 2. The number of aliphatic hydroxyl groups is 1. The lowest BCUT2D eigenvalue weighted by Crippen LogP contribution is -2.40. The molecule has 0 aliphatic carbocycles. The number of aliphatic hydroxyl groups excluding tert-OH is 1. The molecule has 1 fully saturated rings. The summed E-state index contributed by atoms with van der Waals surface area (Å²) in [6.07, 6.45) is 1.73. The average molecular weight is 205 g/mol. The van der Waals surface area contributed by atoms with Crippen molar-refractivity contribution in [3.05, 3.63) is 35.4 Å². The molecular weight excluding hydrogens is 186 g/mol. The van der Waals surface area contributed by atoms with Gasteiger partial charge in [0.15, 0.2) is 0 Å². The maximum Gasteiger partial charge on any atom is 0.0595 e. The molecule has 1 aliphatic heterocycles. The summed E-state index contributed by atoms with van der Waals surface area (Å²) >= 11 is 0. The highest BCUT2D eigenvalue weighted by Crippen LogP contribution is 2.17. The number of rotatable bonds is 2. The van der Waals surface area contributed by atoms with Crippen molar-refractivity contribution in [1.29, 1.82) is 0 Å². The van der Waals surface area contributed by atoms with Crippen molar-refractivity contribution >= 4 is 0 Å². The fourth-order valence-electron chi connectivity index (χ4n) is 2.14. The van der Waals surface area contributed by atoms with Crippen molar-refractivity contribution in [1.82, 2.24) is 5.32 Å². The second-order valence-corrected chi connectivity index (χ2v) is 4.51. The van der Waals surface area contributed by atoms with Gasteiger partial charge in [0.05, 0.1) is 6.10 Å². The molecule has 2 atom stereocenters. The topological polar surface area (TPSA) is 32.3 Å². The fourth-order valence-corrected chi connectivity index (χ4v) is 2.14. The molecule has 0 saturated carbocycles. The van der Waals surface area contributed by atoms with Gasteiger partial charge >= 0.3 is 0 Å². The number of hydrogen-bond acceptors (Lipinski definition) is 2. The quantitative estimate of drug-likeness (QED) is 0.767. The van der Waals surface area contributed by atoms with Crippen LogP contribution in [-0.2, 0) is 6.42 Å². The van der Waals surface area contributed by atoms with Crippen molar-refractivity contribution in [3.8, 4) is 0 Å². The van der Waals surface area contributed by atoms with Gasteiger partial charge in [-0.05, 0) is 31.9 Å². The second kappa shape index (κ2) is 4.77. The Morgan fingerprint density at radius 2 is 2.07 bits per heavy atom. The van der Waals surface area contributed by atoms with E-state index in [-0.39, 0.29) is 6.10 Å². The molecule has 2 heteroatoms. The Morgan fingerprint density at radius 1 is 1.33 bits per heavy atom. The van der Waals surface area contributed by atoms with E-state index in [1.807, 2.05) is 0 Å². The monoisotopic (exact) mass is 205 g/mol. The summed E-state index contributed by atoms with van der Waals surface area (Å²) in [4.78, 5) is 0. The number of piperidine rings is 1. The van der Waals surface area contributed by atoms with Gasteiger partial charge in [0.25, 0.3) is 0 Å². The van der Waals surface area contributed by atoms with E-state index in [1.54, 1.807) is 0 Å². The van der Waals surface area contributed by atoms with Crippen molar-refractivity contribution in [3.63, 3.8) is 0 Å². The number of nitrogens with one attached hydrogen (secondary N) is 1. The minimum Gasteiger partial charge on any atom is -0.393 e. The SMILES string of the molecule is Cc1ccc(C[C@@H]2CNCC[C@@H]2O)cc1. The molecule has 0 aromatic heterocycles. The van der Waals surface area contributed by atoms with E-state index in [2.05, 4.69) is 36.5 Å². The van der Waals surface area contributed by atoms with Gasteiger partial charge in [-0.3, -0.25) is 0 Å². The fraction of sp³-hybridized carbons (Fsp3) is 0.538. The molecule has 0 bridgehead atoms. The first-order valence-corrected chi connectivity index (χ1v) is 5.70. The predicted octanol–water partition coefficient (Wildman–Crippen LogP) is 1.51. The summed E-state index contributed by atoms with van der Waals surface area (Å²) in [7, 11) is 0. The Labute approximate surface area is 91.3 Å². The lowest BCUT2D eigenvalue weighted by atomic mass is 9.89. The summed E-state index contributed by atoms with van der Waals surface area (Å²) in [6.45, 7) is 3.99. The normalized spacial score (nSPS) is 26.5. The molecule has 1 aromatic rings. The molecule has 0 spiro atoms. The Morgan fingerprint density at radius 3 is 2.73 bits per heavy atom. The zero-order chi connectivity index (χ0) is 10.7. The van der Waals surface area contributed by atoms with Crippen molar-refractivity contribution < 1.29 is 5.11 Å². The van der Waals surface area contributed by atoms with Gasteiger partial charge in [0.2, 0.25) is 0 Å². The minimum atomic E-state index is -0.132. The first kappa shape index (κ1) is 10.7. The van der Waals surface area contributed by atoms with Gasteiger partial charge in [0, 0.05) is 12.5 Å². The standard InChI is InChI=1S/C13H19NO/c1-10-2-4-11(5-3-10)8-12-9-14-7-6-13(12)15/h2-5,12-15H,6-9H2,1H3/t12-,13+/m1/s1. The number of benzene rings is 1. The predicted molar refractivity (Wildman–Crippen MR) is 61.9 cm³/mol. The van der Waals surface area contributed by atoms with Crippen LogP contribution in [0.1, 0.15) is 17.5 Å². The molecule has 82 valence electrons. The van der Waals surface area contributed by atoms with E-state index >= 15 is 0 Å². The molecular formula is C13H19NO. The van der Waals surface area contributed by atoms with Crippen LogP contribution >= 0.6 is 0 Å². The summed E-state index contributed by atoms with van der Waals surface area (Å²) in [5.41, 5.74) is 2.62. The van der Waals surface area contributed by atoms with E-state index < -0.39 is 0 Å². The third-order valence-corrected chi connectivity index (χ3v) is 3.19. The van der Waals surface area contributed by atoms with Crippen LogP contribution < -0.4 is 5.32 Å². The molecule has 0 amide bonds. The summed E-state index contributed by atoms with van der Waals surface area (Å²) in [6, 6.07) is 8.60. The molecule has 1 saturated heterocycles. The van der Waals surface area contributed by atoms with Gasteiger partial charge in [-0.15, -0.1) is 0 Å². The molecule has 1 aliphatic rings. The highest BCUT2D eigenvalue weighted by molar-refractivity contribution is 5.21. The van der Waals surface area contributed by atoms with Crippen LogP contribution in [0.15, 0.2) is 24.3 Å². The van der Waals surface area contributed by atoms with Crippen LogP contribution in [0.4, 0.5) is 0 Å². The first-order chi connectivity index (χ1) is 7.25. The largest absolute Gasteiger partial charge is 0.393 e. The van der Waals surface area contributed by atoms with Crippen LogP contribution in [0.2, 0.25) is 0 Å². The number of aryl methyl sites for hydroxylation is 1. The Bertz CT molecular complexity index is 307. The molecule has 2 nitrogen and oxygen atoms in total. The Hall–Kier alpha value is -0.860. The highest BCUT2D eigenvalue weighted by atomic mass is 16.3. The molecule has 0 unspecified atom stereocenters. The lowest BCUT2D eigenvalue weighted by Gasteiger charge is -2.28. The second-order valence-electron chi connectivity index (χ2n) is 4.51. The lowest BCUT2D eigenvalue weighted by molar-refractivity contribution is 0.0791. The molecule has 1 heterocycles. The summed E-state index contributed by atoms with van der Waals surface area (Å²) < 4.78 is 0. The van der Waals surface area contributed by atoms with Gasteiger partial charge in [-0.25, -0.2) is 0 Å². The Balaban J connectivity index is 1.98. The maximum atomic E-state index is 9.84. The van der Waals surface area contributed by atoms with Gasteiger partial charge in [-0.2, -0.15) is 0 Å². The minimum absolute atomic E-state index is 0.132. The van der Waals surface area contributed by atoms with Crippen molar-refractivity contribution in [2.24, 2.45) is 5.92 Å². The van der Waals surface area contributed by atoms with E-state index in [1.165, 1.54) is 11.1 Å². The first-order valence-electron chi connectivity index (χ1n) is 5.70. The molecule has 2 rings (SSSR count). The molecule has 1 aromatic carbocycles. The van der Waals surface area contributed by atoms with E-state index in [4.69, 9.17) is 0 Å². The van der Waals surface area contributed by atoms with E-state index in [9.17, 15) is 5.11 Å². The summed E-state index contributed by atoms with van der Waals surface area (Å²) in [5.74, 6) is 0.376. The smallest absolute Gasteiger partial charge is 0.0595 e. The van der Waals surface area contributed by atoms with Crippen LogP contribution in [-0.4, -0.2) is 24.3 Å². The zero-order valence-electron chi connectivity index (χ0n) is 9.24. The third-order valence-electron chi connectivity index (χ3n) is 3.19. The van der Waals surface area contributed by atoms with Gasteiger partial charge < -0.3 is 10.4 Å². The van der Waals surface area contributed by atoms with Crippen LogP contribution in [0.3, 0.4) is 0 Å². The molecule has 2 N–H and O–H groups in total. The molecule has 0 radical (unpaired) electrons. The van der Waals surface area contributed by atoms with Crippen LogP contribution in [0.5, 0.6) is 0 Å². The van der Waals surface area contributed by atoms with Crippen molar-refractivity contribution in [2.75, 3.05) is 13.1 Å². The van der Waals surface area contributed by atoms with E-state index in [0.29, 0.717) is 5.92 Å². The van der Waals surface area contributed by atoms with Crippen molar-refractivity contribution in [2.45, 2.75) is 25.9 Å². The molecule has 15 heavy (non-hydrogen) atoms. The van der Waals surface area contributed by atoms with Gasteiger partial charge in [0.1, 0.15) is 0 Å². The van der Waals surface area contributed by atoms with Crippen LogP contribution in [0, 0.1) is 12.8 Å². The summed E-state index contributed by atoms with van der Waals surface area (Å²) in [5, 5.41) is 13.2. The zero-order valence-corrected chi connectivity index (χ0v) is 9.24. The average Bonchev–Trinajstić information content (AvgIpc) is 2.25.